The first-order valence-corrected chi connectivity index (χ1v) is 9.67. The minimum absolute atomic E-state index is 0.666. The van der Waals surface area contributed by atoms with Crippen molar-refractivity contribution in [3.8, 4) is 11.3 Å². The standard InChI is InChI=1S/C22H25N7/c1-15-10-18(13-23-11-15)19-6-7-20-22(27-19)29(9-5-8-28(20)4)17(3)26-21-14-24-16(2)12-25-21/h6-7,10-14H,3,5,8-9H2,1-2,4H3,(H,25,26). The quantitative estimate of drug-likeness (QED) is 0.730. The molecule has 0 atom stereocenters. The molecule has 0 spiro atoms. The van der Waals surface area contributed by atoms with Crippen molar-refractivity contribution in [3.05, 3.63) is 66.6 Å². The number of anilines is 3. The number of nitrogens with zero attached hydrogens (tertiary/aromatic N) is 6. The van der Waals surface area contributed by atoms with Crippen LogP contribution in [0.1, 0.15) is 17.7 Å². The van der Waals surface area contributed by atoms with Crippen molar-refractivity contribution >= 4 is 17.3 Å². The van der Waals surface area contributed by atoms with Crippen molar-refractivity contribution in [2.75, 3.05) is 35.3 Å². The Balaban J connectivity index is 1.70. The van der Waals surface area contributed by atoms with Gasteiger partial charge in [-0.25, -0.2) is 9.97 Å². The van der Waals surface area contributed by atoms with Crippen LogP contribution in [-0.2, 0) is 0 Å². The summed E-state index contributed by atoms with van der Waals surface area (Å²) < 4.78 is 0. The molecule has 148 valence electrons. The highest BCUT2D eigenvalue weighted by Crippen LogP contribution is 2.34. The lowest BCUT2D eigenvalue weighted by atomic mass is 10.1. The smallest absolute Gasteiger partial charge is 0.158 e. The van der Waals surface area contributed by atoms with Gasteiger partial charge in [-0.2, -0.15) is 0 Å². The van der Waals surface area contributed by atoms with Crippen molar-refractivity contribution in [2.45, 2.75) is 20.3 Å². The summed E-state index contributed by atoms with van der Waals surface area (Å²) >= 11 is 0. The Morgan fingerprint density at radius 3 is 2.69 bits per heavy atom. The highest BCUT2D eigenvalue weighted by Gasteiger charge is 2.23. The molecule has 3 aromatic heterocycles. The van der Waals surface area contributed by atoms with Crippen LogP contribution < -0.4 is 15.1 Å². The Kier molecular flexibility index (Phi) is 5.12. The van der Waals surface area contributed by atoms with E-state index in [1.807, 2.05) is 26.2 Å². The maximum atomic E-state index is 5.00. The molecule has 29 heavy (non-hydrogen) atoms. The van der Waals surface area contributed by atoms with Crippen molar-refractivity contribution in [1.82, 2.24) is 19.9 Å². The van der Waals surface area contributed by atoms with Crippen molar-refractivity contribution in [2.24, 2.45) is 0 Å². The first kappa shape index (κ1) is 18.9. The predicted molar refractivity (Wildman–Crippen MR) is 117 cm³/mol. The average molecular weight is 387 g/mol. The van der Waals surface area contributed by atoms with Crippen LogP contribution in [0.15, 0.2) is 55.4 Å². The molecule has 0 fully saturated rings. The summed E-state index contributed by atoms with van der Waals surface area (Å²) in [6.45, 7) is 9.97. The third-order valence-electron chi connectivity index (χ3n) is 4.95. The second-order valence-electron chi connectivity index (χ2n) is 7.33. The van der Waals surface area contributed by atoms with E-state index in [-0.39, 0.29) is 0 Å². The SMILES string of the molecule is C=C(Nc1cnc(C)cn1)N1CCCN(C)c2ccc(-c3cncc(C)c3)nc21. The molecule has 0 unspecified atom stereocenters. The molecule has 0 aliphatic carbocycles. The van der Waals surface area contributed by atoms with Gasteiger partial charge in [0, 0.05) is 38.1 Å². The zero-order valence-electron chi connectivity index (χ0n) is 17.1. The maximum Gasteiger partial charge on any atom is 0.158 e. The van der Waals surface area contributed by atoms with Gasteiger partial charge in [0.2, 0.25) is 0 Å². The van der Waals surface area contributed by atoms with Gasteiger partial charge in [0.05, 0.1) is 29.5 Å². The number of rotatable bonds is 4. The van der Waals surface area contributed by atoms with Crippen molar-refractivity contribution in [1.29, 1.82) is 0 Å². The summed E-state index contributed by atoms with van der Waals surface area (Å²) in [6, 6.07) is 6.27. The molecule has 1 N–H and O–H groups in total. The zero-order chi connectivity index (χ0) is 20.4. The third-order valence-corrected chi connectivity index (χ3v) is 4.95. The lowest BCUT2D eigenvalue weighted by Gasteiger charge is -2.27. The largest absolute Gasteiger partial charge is 0.372 e. The van der Waals surface area contributed by atoms with E-state index >= 15 is 0 Å². The minimum atomic E-state index is 0.666. The summed E-state index contributed by atoms with van der Waals surface area (Å²) in [5.41, 5.74) is 4.95. The van der Waals surface area contributed by atoms with Crippen LogP contribution >= 0.6 is 0 Å². The lowest BCUT2D eigenvalue weighted by Crippen LogP contribution is -2.28. The van der Waals surface area contributed by atoms with Crippen LogP contribution in [0.5, 0.6) is 0 Å². The Bertz CT molecular complexity index is 1030. The van der Waals surface area contributed by atoms with Gasteiger partial charge < -0.3 is 15.1 Å². The molecule has 0 saturated heterocycles. The zero-order valence-corrected chi connectivity index (χ0v) is 17.1. The molecular formula is C22H25N7. The first-order chi connectivity index (χ1) is 14.0. The van der Waals surface area contributed by atoms with Gasteiger partial charge in [0.25, 0.3) is 0 Å². The van der Waals surface area contributed by atoms with E-state index in [9.17, 15) is 0 Å². The Labute approximate surface area is 171 Å². The normalized spacial score (nSPS) is 13.6. The van der Waals surface area contributed by atoms with Crippen LogP contribution in [0.25, 0.3) is 11.3 Å². The van der Waals surface area contributed by atoms with Gasteiger partial charge in [-0.1, -0.05) is 6.58 Å². The molecule has 4 heterocycles. The highest BCUT2D eigenvalue weighted by atomic mass is 15.3. The molecule has 4 rings (SSSR count). The number of aromatic nitrogens is 4. The van der Waals surface area contributed by atoms with E-state index in [4.69, 9.17) is 4.98 Å². The topological polar surface area (TPSA) is 70.1 Å². The number of hydrogen-bond acceptors (Lipinski definition) is 7. The molecule has 0 bridgehead atoms. The monoisotopic (exact) mass is 387 g/mol. The second-order valence-corrected chi connectivity index (χ2v) is 7.33. The number of pyridine rings is 2. The molecule has 7 heteroatoms. The van der Waals surface area contributed by atoms with Crippen LogP contribution in [-0.4, -0.2) is 40.1 Å². The lowest BCUT2D eigenvalue weighted by molar-refractivity contribution is 0.789. The average Bonchev–Trinajstić information content (AvgIpc) is 2.88. The molecule has 0 radical (unpaired) electrons. The summed E-state index contributed by atoms with van der Waals surface area (Å²) in [5, 5.41) is 3.28. The highest BCUT2D eigenvalue weighted by molar-refractivity contribution is 5.75. The number of nitrogens with one attached hydrogen (secondary N) is 1. The number of aryl methyl sites for hydroxylation is 2. The van der Waals surface area contributed by atoms with Gasteiger partial charge in [0.15, 0.2) is 5.82 Å². The predicted octanol–water partition coefficient (Wildman–Crippen LogP) is 3.78. The van der Waals surface area contributed by atoms with E-state index < -0.39 is 0 Å². The maximum absolute atomic E-state index is 5.00. The summed E-state index contributed by atoms with van der Waals surface area (Å²) in [7, 11) is 2.10. The van der Waals surface area contributed by atoms with Crippen molar-refractivity contribution < 1.29 is 0 Å². The summed E-state index contributed by atoms with van der Waals surface area (Å²) in [4.78, 5) is 22.3. The van der Waals surface area contributed by atoms with Gasteiger partial charge in [-0.3, -0.25) is 9.97 Å². The third kappa shape index (κ3) is 4.03. The molecule has 0 aromatic carbocycles. The van der Waals surface area contributed by atoms with E-state index in [2.05, 4.69) is 61.9 Å². The molecule has 3 aromatic rings. The van der Waals surface area contributed by atoms with E-state index in [0.717, 1.165) is 59.4 Å². The molecular weight excluding hydrogens is 362 g/mol. The van der Waals surface area contributed by atoms with E-state index in [1.54, 1.807) is 12.4 Å². The molecule has 0 saturated carbocycles. The van der Waals surface area contributed by atoms with Gasteiger partial charge in [0.1, 0.15) is 11.6 Å². The number of hydrogen-bond donors (Lipinski definition) is 1. The summed E-state index contributed by atoms with van der Waals surface area (Å²) in [6.07, 6.45) is 8.14. The summed E-state index contributed by atoms with van der Waals surface area (Å²) in [5.74, 6) is 2.27. The molecule has 7 nitrogen and oxygen atoms in total. The van der Waals surface area contributed by atoms with Crippen LogP contribution in [0.2, 0.25) is 0 Å². The van der Waals surface area contributed by atoms with Crippen LogP contribution in [0.4, 0.5) is 17.3 Å². The first-order valence-electron chi connectivity index (χ1n) is 9.67. The van der Waals surface area contributed by atoms with Crippen LogP contribution in [0, 0.1) is 13.8 Å². The Morgan fingerprint density at radius 1 is 1.07 bits per heavy atom. The fraction of sp³-hybridized carbons (Fsp3) is 0.273. The van der Waals surface area contributed by atoms with Crippen molar-refractivity contribution in [3.63, 3.8) is 0 Å². The Morgan fingerprint density at radius 2 is 1.93 bits per heavy atom. The Hall–Kier alpha value is -3.48. The fourth-order valence-electron chi connectivity index (χ4n) is 3.42. The van der Waals surface area contributed by atoms with Gasteiger partial charge in [-0.15, -0.1) is 0 Å². The molecule has 1 aliphatic heterocycles. The number of fused-ring (bicyclic) bond motifs is 1. The van der Waals surface area contributed by atoms with Gasteiger partial charge >= 0.3 is 0 Å². The minimum Gasteiger partial charge on any atom is -0.372 e. The second kappa shape index (κ2) is 7.87. The van der Waals surface area contributed by atoms with E-state index in [0.29, 0.717) is 5.82 Å². The van der Waals surface area contributed by atoms with E-state index in [1.165, 1.54) is 0 Å². The molecule has 0 amide bonds. The fourth-order valence-corrected chi connectivity index (χ4v) is 3.42. The van der Waals surface area contributed by atoms with Crippen LogP contribution in [0.3, 0.4) is 0 Å². The molecule has 1 aliphatic rings. The van der Waals surface area contributed by atoms with Gasteiger partial charge in [-0.05, 0) is 44.0 Å².